The monoisotopic (exact) mass is 495 g/mol. The number of amides is 1. The van der Waals surface area contributed by atoms with Crippen molar-refractivity contribution in [2.75, 3.05) is 51.9 Å². The van der Waals surface area contributed by atoms with Crippen LogP contribution in [0.25, 0.3) is 6.08 Å². The summed E-state index contributed by atoms with van der Waals surface area (Å²) in [7, 11) is 3.22. The topological polar surface area (TPSA) is 63.3 Å². The molecule has 0 saturated carbocycles. The van der Waals surface area contributed by atoms with E-state index in [4.69, 9.17) is 14.2 Å². The van der Waals surface area contributed by atoms with E-state index >= 15 is 0 Å². The first-order chi connectivity index (χ1) is 17.4. The van der Waals surface area contributed by atoms with Crippen LogP contribution in [0.15, 0.2) is 36.4 Å². The molecule has 1 aliphatic heterocycles. The van der Waals surface area contributed by atoms with Crippen LogP contribution in [-0.4, -0.2) is 57.9 Å². The molecule has 0 atom stereocenters. The number of nitrogens with zero attached hydrogens (tertiary/aromatic N) is 2. The van der Waals surface area contributed by atoms with Crippen molar-refractivity contribution in [1.82, 2.24) is 10.4 Å². The molecule has 0 radical (unpaired) electrons. The number of aryl methyl sites for hydroxylation is 2. The molecule has 0 unspecified atom stereocenters. The number of rotatable bonds is 12. The number of hydrogen-bond donors (Lipinski definition) is 1. The van der Waals surface area contributed by atoms with E-state index < -0.39 is 0 Å². The summed E-state index contributed by atoms with van der Waals surface area (Å²) >= 11 is 0. The van der Waals surface area contributed by atoms with Gasteiger partial charge in [0.25, 0.3) is 5.91 Å². The highest BCUT2D eigenvalue weighted by Crippen LogP contribution is 2.39. The second-order valence-electron chi connectivity index (χ2n) is 9.22. The van der Waals surface area contributed by atoms with Gasteiger partial charge in [0.05, 0.1) is 20.8 Å². The Kier molecular flexibility index (Phi) is 10.5. The molecule has 3 rings (SSSR count). The average molecular weight is 496 g/mol. The van der Waals surface area contributed by atoms with Crippen molar-refractivity contribution in [2.24, 2.45) is 0 Å². The molecule has 1 aliphatic rings. The van der Waals surface area contributed by atoms with Gasteiger partial charge in [-0.25, -0.2) is 5.01 Å². The summed E-state index contributed by atoms with van der Waals surface area (Å²) in [6, 6.07) is 10.3. The summed E-state index contributed by atoms with van der Waals surface area (Å²) in [5.74, 6) is 1.61. The number of unbranched alkanes of at least 4 members (excludes halogenated alkanes) is 3. The van der Waals surface area contributed by atoms with Crippen molar-refractivity contribution >= 4 is 17.7 Å². The van der Waals surface area contributed by atoms with Crippen LogP contribution in [-0.2, 0) is 4.79 Å². The van der Waals surface area contributed by atoms with Gasteiger partial charge in [-0.2, -0.15) is 0 Å². The Morgan fingerprint density at radius 2 is 1.64 bits per heavy atom. The lowest BCUT2D eigenvalue weighted by Gasteiger charge is -2.36. The quantitative estimate of drug-likeness (QED) is 0.325. The van der Waals surface area contributed by atoms with Crippen LogP contribution in [0.3, 0.4) is 0 Å². The fraction of sp³-hybridized carbons (Fsp3) is 0.483. The van der Waals surface area contributed by atoms with Crippen LogP contribution in [0.1, 0.15) is 49.3 Å². The number of carbonyl (C=O) groups is 1. The van der Waals surface area contributed by atoms with Gasteiger partial charge in [-0.15, -0.1) is 0 Å². The Balaban J connectivity index is 1.54. The third kappa shape index (κ3) is 7.65. The van der Waals surface area contributed by atoms with E-state index in [1.807, 2.05) is 17.1 Å². The fourth-order valence-corrected chi connectivity index (χ4v) is 4.21. The molecular weight excluding hydrogens is 454 g/mol. The first-order valence-electron chi connectivity index (χ1n) is 12.9. The summed E-state index contributed by atoms with van der Waals surface area (Å²) in [6.07, 6.45) is 7.81. The Hall–Kier alpha value is -3.19. The Morgan fingerprint density at radius 3 is 2.25 bits per heavy atom. The van der Waals surface area contributed by atoms with Gasteiger partial charge in [-0.3, -0.25) is 10.2 Å². The van der Waals surface area contributed by atoms with E-state index in [9.17, 15) is 4.79 Å². The number of hydrogen-bond acceptors (Lipinski definition) is 6. The highest BCUT2D eigenvalue weighted by Gasteiger charge is 2.19. The standard InChI is InChI=1S/C29H41N3O4/c1-6-7-8-9-18-36-29-26(34-4)20-24(21-27(29)35-5)11-13-28(33)30-32-16-14-31(15-17-32)25-12-10-22(2)23(3)19-25/h10-13,19-21H,6-9,14-18H2,1-5H3,(H,30,33)/b13-11+. The van der Waals surface area contributed by atoms with Crippen LogP contribution < -0.4 is 24.5 Å². The number of carbonyl (C=O) groups excluding carboxylic acids is 1. The largest absolute Gasteiger partial charge is 0.493 e. The highest BCUT2D eigenvalue weighted by atomic mass is 16.5. The molecule has 196 valence electrons. The van der Waals surface area contributed by atoms with Crippen molar-refractivity contribution in [2.45, 2.75) is 46.5 Å². The minimum absolute atomic E-state index is 0.163. The zero-order valence-corrected chi connectivity index (χ0v) is 22.4. The van der Waals surface area contributed by atoms with Crippen molar-refractivity contribution in [3.63, 3.8) is 0 Å². The second-order valence-corrected chi connectivity index (χ2v) is 9.22. The minimum atomic E-state index is -0.163. The van der Waals surface area contributed by atoms with Gasteiger partial charge in [0, 0.05) is 37.9 Å². The molecule has 7 heteroatoms. The van der Waals surface area contributed by atoms with Crippen LogP contribution in [0.5, 0.6) is 17.2 Å². The number of methoxy groups -OCH3 is 2. The maximum Gasteiger partial charge on any atom is 0.258 e. The smallest absolute Gasteiger partial charge is 0.258 e. The SMILES string of the molecule is CCCCCCOc1c(OC)cc(/C=C/C(=O)NN2CCN(c3ccc(C)c(C)c3)CC2)cc1OC. The van der Waals surface area contributed by atoms with Crippen molar-refractivity contribution in [3.8, 4) is 17.2 Å². The fourth-order valence-electron chi connectivity index (χ4n) is 4.21. The number of nitrogens with one attached hydrogen (secondary N) is 1. The number of hydrazine groups is 1. The lowest BCUT2D eigenvalue weighted by atomic mass is 10.1. The zero-order valence-electron chi connectivity index (χ0n) is 22.4. The summed E-state index contributed by atoms with van der Waals surface area (Å²) in [4.78, 5) is 14.9. The van der Waals surface area contributed by atoms with Crippen LogP contribution >= 0.6 is 0 Å². The predicted octanol–water partition coefficient (Wildman–Crippen LogP) is 5.15. The molecule has 2 aromatic rings. The average Bonchev–Trinajstić information content (AvgIpc) is 2.89. The number of anilines is 1. The van der Waals surface area contributed by atoms with Crippen molar-refractivity contribution < 1.29 is 19.0 Å². The number of benzene rings is 2. The third-order valence-electron chi connectivity index (χ3n) is 6.56. The molecule has 0 bridgehead atoms. The zero-order chi connectivity index (χ0) is 25.9. The molecule has 2 aromatic carbocycles. The Labute approximate surface area is 216 Å². The van der Waals surface area contributed by atoms with Gasteiger partial charge in [0.2, 0.25) is 5.75 Å². The molecule has 1 N–H and O–H groups in total. The highest BCUT2D eigenvalue weighted by molar-refractivity contribution is 5.91. The second kappa shape index (κ2) is 13.8. The summed E-state index contributed by atoms with van der Waals surface area (Å²) in [5.41, 5.74) is 7.63. The van der Waals surface area contributed by atoms with Gasteiger partial charge in [0.15, 0.2) is 11.5 Å². The predicted molar refractivity (Wildman–Crippen MR) is 146 cm³/mol. The van der Waals surface area contributed by atoms with Crippen LogP contribution in [0.2, 0.25) is 0 Å². The first kappa shape index (κ1) is 27.4. The summed E-state index contributed by atoms with van der Waals surface area (Å²) < 4.78 is 17.1. The first-order valence-corrected chi connectivity index (χ1v) is 12.9. The van der Waals surface area contributed by atoms with Gasteiger partial charge in [-0.05, 0) is 67.3 Å². The van der Waals surface area contributed by atoms with Gasteiger partial charge in [-0.1, -0.05) is 32.3 Å². The summed E-state index contributed by atoms with van der Waals surface area (Å²) in [6.45, 7) is 10.3. The maximum atomic E-state index is 12.6. The molecule has 1 heterocycles. The lowest BCUT2D eigenvalue weighted by molar-refractivity contribution is -0.121. The minimum Gasteiger partial charge on any atom is -0.493 e. The van der Waals surface area contributed by atoms with E-state index in [2.05, 4.69) is 49.3 Å². The molecular formula is C29H41N3O4. The lowest BCUT2D eigenvalue weighted by Crippen LogP contribution is -2.53. The van der Waals surface area contributed by atoms with Gasteiger partial charge in [0.1, 0.15) is 0 Å². The molecule has 1 amide bonds. The molecule has 1 saturated heterocycles. The van der Waals surface area contributed by atoms with E-state index in [-0.39, 0.29) is 5.91 Å². The van der Waals surface area contributed by atoms with E-state index in [1.165, 1.54) is 35.7 Å². The molecule has 7 nitrogen and oxygen atoms in total. The van der Waals surface area contributed by atoms with E-state index in [0.29, 0.717) is 23.9 Å². The third-order valence-corrected chi connectivity index (χ3v) is 6.56. The molecule has 0 aromatic heterocycles. The van der Waals surface area contributed by atoms with E-state index in [1.54, 1.807) is 20.3 Å². The maximum absolute atomic E-state index is 12.6. The molecule has 36 heavy (non-hydrogen) atoms. The van der Waals surface area contributed by atoms with Crippen LogP contribution in [0, 0.1) is 13.8 Å². The van der Waals surface area contributed by atoms with Crippen molar-refractivity contribution in [1.29, 1.82) is 0 Å². The summed E-state index contributed by atoms with van der Waals surface area (Å²) in [5, 5.41) is 1.97. The van der Waals surface area contributed by atoms with Gasteiger partial charge >= 0.3 is 0 Å². The molecule has 0 aliphatic carbocycles. The Bertz CT molecular complexity index is 1000. The van der Waals surface area contributed by atoms with Crippen molar-refractivity contribution in [3.05, 3.63) is 53.1 Å². The Morgan fingerprint density at radius 1 is 0.944 bits per heavy atom. The molecule has 0 spiro atoms. The van der Waals surface area contributed by atoms with Crippen LogP contribution in [0.4, 0.5) is 5.69 Å². The van der Waals surface area contributed by atoms with Gasteiger partial charge < -0.3 is 19.1 Å². The van der Waals surface area contributed by atoms with E-state index in [0.717, 1.165) is 44.6 Å². The normalized spacial score (nSPS) is 14.2. The molecule has 1 fully saturated rings. The number of ether oxygens (including phenoxy) is 3. The number of piperazine rings is 1.